The van der Waals surface area contributed by atoms with Crippen molar-refractivity contribution in [2.45, 2.75) is 0 Å². The monoisotopic (exact) mass is 332 g/mol. The lowest BCUT2D eigenvalue weighted by atomic mass is 10.2. The molecular weight excluding hydrogens is 312 g/mol. The van der Waals surface area contributed by atoms with Crippen molar-refractivity contribution in [2.24, 2.45) is 5.73 Å². The van der Waals surface area contributed by atoms with Crippen LogP contribution in [0.5, 0.6) is 0 Å². The van der Waals surface area contributed by atoms with E-state index in [1.807, 2.05) is 17.0 Å². The van der Waals surface area contributed by atoms with Gasteiger partial charge in [-0.1, -0.05) is 0 Å². The Labute approximate surface area is 139 Å². The van der Waals surface area contributed by atoms with Gasteiger partial charge in [-0.25, -0.2) is 0 Å². The summed E-state index contributed by atoms with van der Waals surface area (Å²) in [6, 6.07) is 7.30. The number of hydrogen-bond donors (Lipinski definition) is 4. The maximum atomic E-state index is 11.4. The number of ether oxygens (including phenoxy) is 1. The standard InChI is InChI=1S/C15H20N6O3/c1-24-9-7-21(6-8-22)11-4-2-10(3-5-11)18-15-12(14(17)23)13(16)19-20-15/h2-5,8H,6-7,9H2,1H3,(H2,17,23)(H4,16,18,19,20). The van der Waals surface area contributed by atoms with Gasteiger partial charge in [-0.2, -0.15) is 5.10 Å². The molecule has 0 bridgehead atoms. The summed E-state index contributed by atoms with van der Waals surface area (Å²) >= 11 is 0. The van der Waals surface area contributed by atoms with Crippen LogP contribution in [0.15, 0.2) is 24.3 Å². The van der Waals surface area contributed by atoms with Crippen molar-refractivity contribution >= 4 is 35.2 Å². The molecule has 0 unspecified atom stereocenters. The molecule has 0 aliphatic heterocycles. The summed E-state index contributed by atoms with van der Waals surface area (Å²) in [6.07, 6.45) is 0.841. The van der Waals surface area contributed by atoms with Crippen LogP contribution >= 0.6 is 0 Å². The van der Waals surface area contributed by atoms with Crippen LogP contribution in [-0.4, -0.2) is 49.2 Å². The quantitative estimate of drug-likeness (QED) is 0.490. The van der Waals surface area contributed by atoms with Gasteiger partial charge >= 0.3 is 0 Å². The number of primary amides is 1. The van der Waals surface area contributed by atoms with Gasteiger partial charge < -0.3 is 31.2 Å². The fourth-order valence-electron chi connectivity index (χ4n) is 2.20. The molecule has 1 amide bonds. The SMILES string of the molecule is COCCN(CC=O)c1ccc(Nc2n[nH]c(N)c2C(N)=O)cc1. The molecule has 1 aromatic heterocycles. The molecule has 0 saturated carbocycles. The van der Waals surface area contributed by atoms with Gasteiger partial charge in [-0.05, 0) is 24.3 Å². The van der Waals surface area contributed by atoms with Gasteiger partial charge in [-0.15, -0.1) is 0 Å². The summed E-state index contributed by atoms with van der Waals surface area (Å²) < 4.78 is 5.04. The fourth-order valence-corrected chi connectivity index (χ4v) is 2.20. The lowest BCUT2D eigenvalue weighted by molar-refractivity contribution is -0.106. The predicted molar refractivity (Wildman–Crippen MR) is 91.4 cm³/mol. The smallest absolute Gasteiger partial charge is 0.256 e. The highest BCUT2D eigenvalue weighted by Gasteiger charge is 2.16. The first-order chi connectivity index (χ1) is 11.6. The van der Waals surface area contributed by atoms with E-state index >= 15 is 0 Å². The molecule has 0 atom stereocenters. The van der Waals surface area contributed by atoms with E-state index in [2.05, 4.69) is 15.5 Å². The number of aromatic amines is 1. The Kier molecular flexibility index (Phi) is 5.74. The first-order valence-electron chi connectivity index (χ1n) is 7.25. The van der Waals surface area contributed by atoms with E-state index in [-0.39, 0.29) is 23.7 Å². The summed E-state index contributed by atoms with van der Waals surface area (Å²) in [5.41, 5.74) is 12.6. The van der Waals surface area contributed by atoms with E-state index in [9.17, 15) is 9.59 Å². The van der Waals surface area contributed by atoms with Gasteiger partial charge in [0.05, 0.1) is 13.2 Å². The van der Waals surface area contributed by atoms with E-state index in [0.29, 0.717) is 18.8 Å². The zero-order valence-corrected chi connectivity index (χ0v) is 13.3. The molecule has 0 aliphatic carbocycles. The van der Waals surface area contributed by atoms with Gasteiger partial charge in [0, 0.05) is 25.0 Å². The first kappa shape index (κ1) is 17.3. The summed E-state index contributed by atoms with van der Waals surface area (Å²) in [6.45, 7) is 1.39. The molecule has 0 radical (unpaired) electrons. The molecule has 9 heteroatoms. The molecule has 2 rings (SSSR count). The zero-order chi connectivity index (χ0) is 17.5. The lowest BCUT2D eigenvalue weighted by Crippen LogP contribution is -2.28. The third-order valence-electron chi connectivity index (χ3n) is 3.40. The Morgan fingerprint density at radius 2 is 2.12 bits per heavy atom. The predicted octanol–water partition coefficient (Wildman–Crippen LogP) is 0.486. The van der Waals surface area contributed by atoms with Gasteiger partial charge in [0.2, 0.25) is 0 Å². The number of carbonyl (C=O) groups is 2. The minimum absolute atomic E-state index is 0.110. The Balaban J connectivity index is 2.14. The minimum Gasteiger partial charge on any atom is -0.383 e. The van der Waals surface area contributed by atoms with Crippen molar-refractivity contribution < 1.29 is 14.3 Å². The Morgan fingerprint density at radius 3 is 2.71 bits per heavy atom. The third-order valence-corrected chi connectivity index (χ3v) is 3.40. The van der Waals surface area contributed by atoms with Gasteiger partial charge in [0.1, 0.15) is 17.7 Å². The number of rotatable bonds is 9. The Morgan fingerprint density at radius 1 is 1.42 bits per heavy atom. The number of nitrogens with two attached hydrogens (primary N) is 2. The number of aldehydes is 1. The van der Waals surface area contributed by atoms with E-state index in [1.54, 1.807) is 19.2 Å². The molecule has 1 heterocycles. The average Bonchev–Trinajstić information content (AvgIpc) is 2.93. The number of aromatic nitrogens is 2. The zero-order valence-electron chi connectivity index (χ0n) is 13.3. The molecule has 0 fully saturated rings. The highest BCUT2D eigenvalue weighted by Crippen LogP contribution is 2.24. The second-order valence-electron chi connectivity index (χ2n) is 5.00. The van der Waals surface area contributed by atoms with Crippen LogP contribution in [-0.2, 0) is 9.53 Å². The van der Waals surface area contributed by atoms with Crippen LogP contribution in [0.2, 0.25) is 0 Å². The normalized spacial score (nSPS) is 10.4. The maximum Gasteiger partial charge on any atom is 0.256 e. The molecule has 6 N–H and O–H groups in total. The minimum atomic E-state index is -0.669. The summed E-state index contributed by atoms with van der Waals surface area (Å²) in [7, 11) is 1.61. The first-order valence-corrected chi connectivity index (χ1v) is 7.25. The van der Waals surface area contributed by atoms with E-state index < -0.39 is 5.91 Å². The van der Waals surface area contributed by atoms with Crippen LogP contribution in [0.1, 0.15) is 10.4 Å². The van der Waals surface area contributed by atoms with E-state index in [1.165, 1.54) is 0 Å². The molecule has 2 aromatic rings. The molecule has 24 heavy (non-hydrogen) atoms. The highest BCUT2D eigenvalue weighted by atomic mass is 16.5. The van der Waals surface area contributed by atoms with Crippen LogP contribution < -0.4 is 21.7 Å². The summed E-state index contributed by atoms with van der Waals surface area (Å²) in [5.74, 6) is -0.299. The number of methoxy groups -OCH3 is 1. The van der Waals surface area contributed by atoms with Gasteiger partial charge in [0.25, 0.3) is 5.91 Å². The third kappa shape index (κ3) is 4.02. The topological polar surface area (TPSA) is 139 Å². The molecule has 9 nitrogen and oxygen atoms in total. The number of anilines is 4. The van der Waals surface area contributed by atoms with Crippen LogP contribution in [0.3, 0.4) is 0 Å². The molecule has 0 saturated heterocycles. The highest BCUT2D eigenvalue weighted by molar-refractivity contribution is 6.02. The molecule has 0 aliphatic rings. The summed E-state index contributed by atoms with van der Waals surface area (Å²) in [4.78, 5) is 24.1. The average molecular weight is 332 g/mol. The number of carbonyl (C=O) groups excluding carboxylic acids is 2. The van der Waals surface area contributed by atoms with Gasteiger partial charge in [0.15, 0.2) is 5.82 Å². The number of benzene rings is 1. The largest absolute Gasteiger partial charge is 0.383 e. The Bertz CT molecular complexity index is 698. The summed E-state index contributed by atoms with van der Waals surface area (Å²) in [5, 5.41) is 9.42. The number of H-pyrrole nitrogens is 1. The Hall–Kier alpha value is -3.07. The molecule has 1 aromatic carbocycles. The van der Waals surface area contributed by atoms with Crippen molar-refractivity contribution in [3.05, 3.63) is 29.8 Å². The van der Waals surface area contributed by atoms with Crippen LogP contribution in [0.4, 0.5) is 23.0 Å². The lowest BCUT2D eigenvalue weighted by Gasteiger charge is -2.22. The maximum absolute atomic E-state index is 11.4. The van der Waals surface area contributed by atoms with Crippen LogP contribution in [0.25, 0.3) is 0 Å². The molecule has 0 spiro atoms. The number of hydrogen-bond acceptors (Lipinski definition) is 7. The van der Waals surface area contributed by atoms with Crippen molar-refractivity contribution in [1.82, 2.24) is 10.2 Å². The number of amides is 1. The number of nitrogens with zero attached hydrogens (tertiary/aromatic N) is 2. The van der Waals surface area contributed by atoms with E-state index in [0.717, 1.165) is 12.0 Å². The fraction of sp³-hybridized carbons (Fsp3) is 0.267. The number of nitrogen functional groups attached to an aromatic ring is 1. The van der Waals surface area contributed by atoms with Crippen molar-refractivity contribution in [3.63, 3.8) is 0 Å². The van der Waals surface area contributed by atoms with Crippen molar-refractivity contribution in [3.8, 4) is 0 Å². The van der Waals surface area contributed by atoms with Crippen LogP contribution in [0, 0.1) is 0 Å². The van der Waals surface area contributed by atoms with Gasteiger partial charge in [-0.3, -0.25) is 9.89 Å². The van der Waals surface area contributed by atoms with Crippen molar-refractivity contribution in [1.29, 1.82) is 0 Å². The van der Waals surface area contributed by atoms with Crippen molar-refractivity contribution in [2.75, 3.05) is 42.8 Å². The van der Waals surface area contributed by atoms with E-state index in [4.69, 9.17) is 16.2 Å². The second kappa shape index (κ2) is 7.97. The number of nitrogens with one attached hydrogen (secondary N) is 2. The molecule has 128 valence electrons. The molecular formula is C15H20N6O3. The second-order valence-corrected chi connectivity index (χ2v) is 5.00.